The van der Waals surface area contributed by atoms with Crippen LogP contribution in [0.15, 0.2) is 34.9 Å². The van der Waals surface area contributed by atoms with Gasteiger partial charge in [0.2, 0.25) is 0 Å². The highest BCUT2D eigenvalue weighted by Gasteiger charge is 2.24. The molecule has 5 nitrogen and oxygen atoms in total. The highest BCUT2D eigenvalue weighted by Crippen LogP contribution is 2.32. The third kappa shape index (κ3) is 3.13. The highest BCUT2D eigenvalue weighted by molar-refractivity contribution is 5.97. The average Bonchev–Trinajstić information content (AvgIpc) is 3.08. The lowest BCUT2D eigenvalue weighted by molar-refractivity contribution is -0.136. The molecular weight excluding hydrogens is 294 g/mol. The van der Waals surface area contributed by atoms with Crippen LogP contribution in [0, 0.1) is 6.92 Å². The summed E-state index contributed by atoms with van der Waals surface area (Å²) in [6, 6.07) is 8.29. The summed E-state index contributed by atoms with van der Waals surface area (Å²) in [5.74, 6) is -0.764. The van der Waals surface area contributed by atoms with E-state index < -0.39 is 5.97 Å². The van der Waals surface area contributed by atoms with Crippen LogP contribution in [0.3, 0.4) is 0 Å². The molecule has 5 heteroatoms. The number of carbonyl (C=O) groups is 2. The summed E-state index contributed by atoms with van der Waals surface area (Å²) < 4.78 is 5.21. The summed E-state index contributed by atoms with van der Waals surface area (Å²) in [7, 11) is 0. The van der Waals surface area contributed by atoms with Gasteiger partial charge in [0.1, 0.15) is 12.2 Å². The van der Waals surface area contributed by atoms with Crippen molar-refractivity contribution in [2.75, 3.05) is 6.54 Å². The molecule has 23 heavy (non-hydrogen) atoms. The summed E-state index contributed by atoms with van der Waals surface area (Å²) >= 11 is 0. The number of aryl methyl sites for hydroxylation is 2. The predicted octanol–water partition coefficient (Wildman–Crippen LogP) is 2.67. The van der Waals surface area contributed by atoms with Crippen LogP contribution in [-0.4, -0.2) is 23.5 Å². The minimum atomic E-state index is -1.02. The summed E-state index contributed by atoms with van der Waals surface area (Å²) in [6.07, 6.45) is 3.19. The highest BCUT2D eigenvalue weighted by atomic mass is 16.4. The summed E-state index contributed by atoms with van der Waals surface area (Å²) in [5.41, 5.74) is 3.64. The summed E-state index contributed by atoms with van der Waals surface area (Å²) in [5, 5.41) is 11.8. The lowest BCUT2D eigenvalue weighted by Gasteiger charge is -2.13. The van der Waals surface area contributed by atoms with E-state index in [9.17, 15) is 9.59 Å². The van der Waals surface area contributed by atoms with Crippen molar-refractivity contribution in [1.29, 1.82) is 0 Å². The number of carbonyl (C=O) groups excluding carboxylic acids is 1. The molecule has 1 unspecified atom stereocenters. The van der Waals surface area contributed by atoms with Gasteiger partial charge in [-0.2, -0.15) is 0 Å². The van der Waals surface area contributed by atoms with Crippen LogP contribution in [-0.2, 0) is 17.6 Å². The van der Waals surface area contributed by atoms with Gasteiger partial charge in [-0.25, -0.2) is 0 Å². The largest absolute Gasteiger partial charge is 0.481 e. The zero-order valence-corrected chi connectivity index (χ0v) is 13.0. The topological polar surface area (TPSA) is 79.5 Å². The zero-order chi connectivity index (χ0) is 16.4. The number of carboxylic acids is 1. The van der Waals surface area contributed by atoms with Crippen molar-refractivity contribution in [2.24, 2.45) is 0 Å². The monoisotopic (exact) mass is 313 g/mol. The number of fused-ring (bicyclic) bond motifs is 1. The average molecular weight is 313 g/mol. The summed E-state index contributed by atoms with van der Waals surface area (Å²) in [4.78, 5) is 23.3. The van der Waals surface area contributed by atoms with Crippen molar-refractivity contribution >= 4 is 11.9 Å². The van der Waals surface area contributed by atoms with Gasteiger partial charge in [-0.05, 0) is 30.9 Å². The minimum Gasteiger partial charge on any atom is -0.481 e. The maximum Gasteiger partial charge on any atom is 0.311 e. The van der Waals surface area contributed by atoms with E-state index in [4.69, 9.17) is 9.52 Å². The molecule has 0 fully saturated rings. The molecule has 0 saturated carbocycles. The van der Waals surface area contributed by atoms with Gasteiger partial charge >= 0.3 is 5.97 Å². The van der Waals surface area contributed by atoms with Crippen molar-refractivity contribution in [1.82, 2.24) is 5.32 Å². The van der Waals surface area contributed by atoms with E-state index in [2.05, 4.69) is 17.4 Å². The van der Waals surface area contributed by atoms with E-state index in [1.54, 1.807) is 6.92 Å². The number of aliphatic carboxylic acids is 1. The molecule has 1 aliphatic carbocycles. The molecule has 2 aromatic rings. The Bertz CT molecular complexity index is 747. The quantitative estimate of drug-likeness (QED) is 0.889. The van der Waals surface area contributed by atoms with Gasteiger partial charge in [0.25, 0.3) is 5.91 Å². The summed E-state index contributed by atoms with van der Waals surface area (Å²) in [6.45, 7) is 2.29. The third-order valence-corrected chi connectivity index (χ3v) is 4.36. The van der Waals surface area contributed by atoms with Crippen LogP contribution in [0.5, 0.6) is 0 Å². The SMILES string of the molecule is Cc1coc(CC(=O)O)c1C(=O)NCC1CCc2ccccc21. The molecule has 0 spiro atoms. The lowest BCUT2D eigenvalue weighted by Crippen LogP contribution is -2.29. The van der Waals surface area contributed by atoms with Gasteiger partial charge in [-0.1, -0.05) is 24.3 Å². The molecule has 0 aliphatic heterocycles. The van der Waals surface area contributed by atoms with Crippen molar-refractivity contribution in [3.05, 3.63) is 58.5 Å². The Morgan fingerprint density at radius 3 is 2.91 bits per heavy atom. The van der Waals surface area contributed by atoms with E-state index in [1.165, 1.54) is 17.4 Å². The molecule has 0 saturated heterocycles. The fraction of sp³-hybridized carbons (Fsp3) is 0.333. The van der Waals surface area contributed by atoms with Gasteiger partial charge in [0.15, 0.2) is 0 Å². The molecule has 0 bridgehead atoms. The second-order valence-corrected chi connectivity index (χ2v) is 5.93. The van der Waals surface area contributed by atoms with Gasteiger partial charge < -0.3 is 14.8 Å². The lowest BCUT2D eigenvalue weighted by atomic mass is 10.0. The second-order valence-electron chi connectivity index (χ2n) is 5.93. The van der Waals surface area contributed by atoms with Crippen molar-refractivity contribution in [3.8, 4) is 0 Å². The Labute approximate surface area is 134 Å². The molecule has 1 aliphatic rings. The molecule has 1 atom stereocenters. The fourth-order valence-electron chi connectivity index (χ4n) is 3.23. The van der Waals surface area contributed by atoms with Crippen LogP contribution < -0.4 is 5.32 Å². The van der Waals surface area contributed by atoms with E-state index >= 15 is 0 Å². The van der Waals surface area contributed by atoms with E-state index in [-0.39, 0.29) is 18.1 Å². The first kappa shape index (κ1) is 15.3. The Morgan fingerprint density at radius 2 is 2.13 bits per heavy atom. The van der Waals surface area contributed by atoms with Crippen LogP contribution in [0.1, 0.15) is 45.1 Å². The van der Waals surface area contributed by atoms with Crippen LogP contribution in [0.2, 0.25) is 0 Å². The number of benzene rings is 1. The molecule has 1 aromatic heterocycles. The molecular formula is C18H19NO4. The predicted molar refractivity (Wildman–Crippen MR) is 84.6 cm³/mol. The Kier molecular flexibility index (Phi) is 4.19. The number of nitrogens with one attached hydrogen (secondary N) is 1. The van der Waals surface area contributed by atoms with Gasteiger partial charge in [-0.15, -0.1) is 0 Å². The van der Waals surface area contributed by atoms with Crippen LogP contribution >= 0.6 is 0 Å². The first-order valence-electron chi connectivity index (χ1n) is 7.71. The zero-order valence-electron chi connectivity index (χ0n) is 13.0. The van der Waals surface area contributed by atoms with Crippen LogP contribution in [0.4, 0.5) is 0 Å². The molecule has 3 rings (SSSR count). The Hall–Kier alpha value is -2.56. The molecule has 1 heterocycles. The second kappa shape index (κ2) is 6.28. The Balaban J connectivity index is 1.69. The molecule has 2 N–H and O–H groups in total. The normalized spacial score (nSPS) is 16.1. The van der Waals surface area contributed by atoms with Crippen molar-refractivity contribution in [3.63, 3.8) is 0 Å². The van der Waals surface area contributed by atoms with Gasteiger partial charge in [0.05, 0.1) is 11.8 Å². The van der Waals surface area contributed by atoms with E-state index in [1.807, 2.05) is 12.1 Å². The van der Waals surface area contributed by atoms with Crippen LogP contribution in [0.25, 0.3) is 0 Å². The third-order valence-electron chi connectivity index (χ3n) is 4.36. The van der Waals surface area contributed by atoms with Gasteiger partial charge in [-0.3, -0.25) is 9.59 Å². The molecule has 1 amide bonds. The minimum absolute atomic E-state index is 0.208. The van der Waals surface area contributed by atoms with Crippen molar-refractivity contribution in [2.45, 2.75) is 32.1 Å². The maximum absolute atomic E-state index is 12.4. The standard InChI is InChI=1S/C18H19NO4/c1-11-10-23-15(8-16(20)21)17(11)18(22)19-9-13-7-6-12-4-2-3-5-14(12)13/h2-5,10,13H,6-9H2,1H3,(H,19,22)(H,20,21). The van der Waals surface area contributed by atoms with E-state index in [0.29, 0.717) is 23.6 Å². The number of hydrogen-bond acceptors (Lipinski definition) is 3. The number of hydrogen-bond donors (Lipinski definition) is 2. The number of amides is 1. The molecule has 120 valence electrons. The number of carboxylic acid groups (broad SMARTS) is 1. The smallest absolute Gasteiger partial charge is 0.311 e. The first-order valence-corrected chi connectivity index (χ1v) is 7.71. The fourth-order valence-corrected chi connectivity index (χ4v) is 3.23. The van der Waals surface area contributed by atoms with Gasteiger partial charge in [0, 0.05) is 18.0 Å². The molecule has 1 aromatic carbocycles. The maximum atomic E-state index is 12.4. The Morgan fingerprint density at radius 1 is 1.35 bits per heavy atom. The first-order chi connectivity index (χ1) is 11.1. The number of furan rings is 1. The van der Waals surface area contributed by atoms with E-state index in [0.717, 1.165) is 12.8 Å². The number of rotatable bonds is 5. The van der Waals surface area contributed by atoms with Crippen molar-refractivity contribution < 1.29 is 19.1 Å². The molecule has 0 radical (unpaired) electrons.